The number of carbonyl (C=O) groups excluding carboxylic acids is 2. The molecule has 28 heavy (non-hydrogen) atoms. The quantitative estimate of drug-likeness (QED) is 0.755. The molecule has 4 heteroatoms. The minimum atomic E-state index is -0.251. The van der Waals surface area contributed by atoms with Gasteiger partial charge in [-0.1, -0.05) is 62.4 Å². The lowest BCUT2D eigenvalue weighted by atomic mass is 9.55. The van der Waals surface area contributed by atoms with E-state index in [2.05, 4.69) is 67.3 Å². The molecule has 2 aromatic rings. The molecule has 1 fully saturated rings. The highest BCUT2D eigenvalue weighted by atomic mass is 16.2. The summed E-state index contributed by atoms with van der Waals surface area (Å²) in [4.78, 5) is 30.7. The second kappa shape index (κ2) is 6.56. The molecule has 2 aromatic carbocycles. The van der Waals surface area contributed by atoms with Gasteiger partial charge in [0, 0.05) is 24.9 Å². The normalized spacial score (nSPS) is 27.2. The third kappa shape index (κ3) is 2.27. The first-order valence-corrected chi connectivity index (χ1v) is 10.4. The highest BCUT2D eigenvalue weighted by Gasteiger charge is 2.61. The zero-order valence-electron chi connectivity index (χ0n) is 16.5. The second-order valence-corrected chi connectivity index (χ2v) is 8.12. The van der Waals surface area contributed by atoms with Crippen LogP contribution in [0.1, 0.15) is 47.9 Å². The van der Waals surface area contributed by atoms with E-state index in [0.717, 1.165) is 19.6 Å². The van der Waals surface area contributed by atoms with Crippen molar-refractivity contribution in [2.75, 3.05) is 26.2 Å². The van der Waals surface area contributed by atoms with Crippen molar-refractivity contribution in [2.24, 2.45) is 11.8 Å². The Morgan fingerprint density at radius 3 is 1.50 bits per heavy atom. The molecule has 1 aliphatic heterocycles. The number of amides is 2. The van der Waals surface area contributed by atoms with Crippen LogP contribution in [0.2, 0.25) is 0 Å². The van der Waals surface area contributed by atoms with Crippen LogP contribution in [0.4, 0.5) is 0 Å². The molecule has 4 aliphatic rings. The monoisotopic (exact) mass is 374 g/mol. The Labute approximate surface area is 166 Å². The lowest BCUT2D eigenvalue weighted by Gasteiger charge is -2.45. The molecule has 2 bridgehead atoms. The average molecular weight is 374 g/mol. The predicted octanol–water partition coefficient (Wildman–Crippen LogP) is 3.22. The number of rotatable bonds is 5. The molecule has 0 aromatic heterocycles. The molecule has 0 unspecified atom stereocenters. The molecule has 6 rings (SSSR count). The summed E-state index contributed by atoms with van der Waals surface area (Å²) in [6.45, 7) is 7.34. The van der Waals surface area contributed by atoms with Crippen LogP contribution in [0, 0.1) is 11.8 Å². The summed E-state index contributed by atoms with van der Waals surface area (Å²) in [5.41, 5.74) is 4.94. The summed E-state index contributed by atoms with van der Waals surface area (Å²) in [5, 5.41) is 0. The molecule has 4 nitrogen and oxygen atoms in total. The SMILES string of the molecule is CCN(CC)CCN1C(=O)[C@@H]2C3c4ccccc4C(c4ccccc43)[C@@H]2C1=O. The first-order valence-electron chi connectivity index (χ1n) is 10.4. The van der Waals surface area contributed by atoms with Gasteiger partial charge >= 0.3 is 0 Å². The summed E-state index contributed by atoms with van der Waals surface area (Å²) in [6, 6.07) is 16.8. The van der Waals surface area contributed by atoms with Gasteiger partial charge in [-0.15, -0.1) is 0 Å². The van der Waals surface area contributed by atoms with Gasteiger partial charge in [0.1, 0.15) is 0 Å². The molecular weight excluding hydrogens is 348 g/mol. The Bertz CT molecular complexity index is 834. The van der Waals surface area contributed by atoms with Crippen molar-refractivity contribution in [2.45, 2.75) is 25.7 Å². The van der Waals surface area contributed by atoms with Crippen LogP contribution in [-0.4, -0.2) is 47.8 Å². The number of hydrogen-bond donors (Lipinski definition) is 0. The number of nitrogens with zero attached hydrogens (tertiary/aromatic N) is 2. The molecule has 144 valence electrons. The maximum atomic E-state index is 13.4. The van der Waals surface area contributed by atoms with E-state index in [0.29, 0.717) is 6.54 Å². The minimum absolute atomic E-state index is 0.00250. The highest BCUT2D eigenvalue weighted by Crippen LogP contribution is 2.60. The largest absolute Gasteiger partial charge is 0.302 e. The van der Waals surface area contributed by atoms with Gasteiger partial charge in [0.2, 0.25) is 11.8 Å². The van der Waals surface area contributed by atoms with Crippen LogP contribution in [0.15, 0.2) is 48.5 Å². The van der Waals surface area contributed by atoms with E-state index in [9.17, 15) is 9.59 Å². The smallest absolute Gasteiger partial charge is 0.234 e. The third-order valence-corrected chi connectivity index (χ3v) is 7.07. The number of likely N-dealkylation sites (tertiary alicyclic amines) is 1. The first kappa shape index (κ1) is 17.6. The van der Waals surface area contributed by atoms with Crippen molar-refractivity contribution in [3.05, 3.63) is 70.8 Å². The third-order valence-electron chi connectivity index (χ3n) is 7.07. The van der Waals surface area contributed by atoms with Crippen LogP contribution in [0.5, 0.6) is 0 Å². The van der Waals surface area contributed by atoms with Crippen molar-refractivity contribution in [1.29, 1.82) is 0 Å². The van der Waals surface area contributed by atoms with E-state index < -0.39 is 0 Å². The fraction of sp³-hybridized carbons (Fsp3) is 0.417. The lowest BCUT2D eigenvalue weighted by molar-refractivity contribution is -0.140. The Morgan fingerprint density at radius 1 is 0.750 bits per heavy atom. The molecule has 3 aliphatic carbocycles. The van der Waals surface area contributed by atoms with E-state index in [1.807, 2.05) is 0 Å². The number of carbonyl (C=O) groups is 2. The maximum absolute atomic E-state index is 13.4. The van der Waals surface area contributed by atoms with Gasteiger partial charge in [0.25, 0.3) is 0 Å². The molecule has 0 saturated carbocycles. The summed E-state index contributed by atoms with van der Waals surface area (Å²) in [6.07, 6.45) is 0. The highest BCUT2D eigenvalue weighted by molar-refractivity contribution is 6.07. The van der Waals surface area contributed by atoms with E-state index >= 15 is 0 Å². The maximum Gasteiger partial charge on any atom is 0.234 e. The Morgan fingerprint density at radius 2 is 1.14 bits per heavy atom. The number of likely N-dealkylation sites (N-methyl/N-ethyl adjacent to an activating group) is 1. The lowest BCUT2D eigenvalue weighted by Crippen LogP contribution is -2.41. The summed E-state index contributed by atoms with van der Waals surface area (Å²) >= 11 is 0. The zero-order valence-corrected chi connectivity index (χ0v) is 16.5. The minimum Gasteiger partial charge on any atom is -0.302 e. The molecule has 2 amide bonds. The summed E-state index contributed by atoms with van der Waals surface area (Å²) in [5.74, 6) is -0.449. The van der Waals surface area contributed by atoms with Crippen molar-refractivity contribution in [3.63, 3.8) is 0 Å². The average Bonchev–Trinajstić information content (AvgIpc) is 3.00. The van der Waals surface area contributed by atoms with Crippen LogP contribution < -0.4 is 0 Å². The predicted molar refractivity (Wildman–Crippen MR) is 108 cm³/mol. The van der Waals surface area contributed by atoms with Crippen LogP contribution in [0.3, 0.4) is 0 Å². The fourth-order valence-corrected chi connectivity index (χ4v) is 5.74. The van der Waals surface area contributed by atoms with Gasteiger partial charge in [-0.25, -0.2) is 0 Å². The van der Waals surface area contributed by atoms with E-state index in [-0.39, 0.29) is 35.5 Å². The van der Waals surface area contributed by atoms with Gasteiger partial charge in [-0.2, -0.15) is 0 Å². The zero-order chi connectivity index (χ0) is 19.4. The van der Waals surface area contributed by atoms with Crippen LogP contribution in [0.25, 0.3) is 0 Å². The van der Waals surface area contributed by atoms with Gasteiger partial charge in [0.05, 0.1) is 11.8 Å². The van der Waals surface area contributed by atoms with E-state index in [4.69, 9.17) is 0 Å². The van der Waals surface area contributed by atoms with Crippen molar-refractivity contribution >= 4 is 11.8 Å². The first-order chi connectivity index (χ1) is 13.7. The molecule has 0 N–H and O–H groups in total. The number of hydrogen-bond acceptors (Lipinski definition) is 3. The molecule has 1 heterocycles. The molecule has 2 atom stereocenters. The van der Waals surface area contributed by atoms with E-state index in [1.165, 1.54) is 22.3 Å². The summed E-state index contributed by atoms with van der Waals surface area (Å²) < 4.78 is 0. The number of imide groups is 1. The topological polar surface area (TPSA) is 40.6 Å². The van der Waals surface area contributed by atoms with Crippen molar-refractivity contribution in [3.8, 4) is 0 Å². The van der Waals surface area contributed by atoms with Crippen LogP contribution >= 0.6 is 0 Å². The van der Waals surface area contributed by atoms with Crippen LogP contribution in [-0.2, 0) is 9.59 Å². The van der Waals surface area contributed by atoms with Gasteiger partial charge in [0.15, 0.2) is 0 Å². The summed E-state index contributed by atoms with van der Waals surface area (Å²) in [7, 11) is 0. The Balaban J connectivity index is 1.57. The van der Waals surface area contributed by atoms with Gasteiger partial charge in [-0.05, 0) is 35.3 Å². The molecule has 0 spiro atoms. The van der Waals surface area contributed by atoms with E-state index in [1.54, 1.807) is 4.90 Å². The Kier molecular flexibility index (Phi) is 4.13. The van der Waals surface area contributed by atoms with Crippen molar-refractivity contribution in [1.82, 2.24) is 9.80 Å². The molecular formula is C24H26N2O2. The van der Waals surface area contributed by atoms with Crippen molar-refractivity contribution < 1.29 is 9.59 Å². The molecule has 0 radical (unpaired) electrons. The van der Waals surface area contributed by atoms with Gasteiger partial charge in [-0.3, -0.25) is 14.5 Å². The fourth-order valence-electron chi connectivity index (χ4n) is 5.74. The standard InChI is InChI=1S/C24H26N2O2/c1-3-25(4-2)13-14-26-23(27)21-19-15-9-5-6-10-16(15)20(22(21)24(26)28)18-12-8-7-11-17(18)19/h5-12,19-22H,3-4,13-14H2,1-2H3/t19?,20?,21-,22+. The second-order valence-electron chi connectivity index (χ2n) is 8.12. The number of benzene rings is 2. The molecule has 1 saturated heterocycles. The van der Waals surface area contributed by atoms with Gasteiger partial charge < -0.3 is 4.90 Å². The Hall–Kier alpha value is -2.46.